The van der Waals surface area contributed by atoms with Crippen LogP contribution >= 0.6 is 11.8 Å². The van der Waals surface area contributed by atoms with Crippen molar-refractivity contribution in [1.82, 2.24) is 4.90 Å². The molecule has 1 aromatic carbocycles. The highest BCUT2D eigenvalue weighted by atomic mass is 32.2. The Hall–Kier alpha value is -1.56. The van der Waals surface area contributed by atoms with E-state index in [1.165, 1.54) is 12.1 Å². The van der Waals surface area contributed by atoms with E-state index in [9.17, 15) is 14.0 Å². The molecule has 0 aromatic heterocycles. The standard InChI is InChI=1S/C17H21FN2O2S/c18-13-3-1-4-14(11-13)19-16(21)12-6-8-20(9-7-12)17(22)15-5-2-10-23-15/h1,3-4,11-12,15H,2,5-10H2,(H,19,21)/t15-/m0/s1. The van der Waals surface area contributed by atoms with Crippen LogP contribution < -0.4 is 5.32 Å². The molecular weight excluding hydrogens is 315 g/mol. The van der Waals surface area contributed by atoms with Crippen LogP contribution in [0.1, 0.15) is 25.7 Å². The Bertz CT molecular complexity index is 582. The molecule has 23 heavy (non-hydrogen) atoms. The van der Waals surface area contributed by atoms with Gasteiger partial charge in [-0.1, -0.05) is 6.07 Å². The smallest absolute Gasteiger partial charge is 0.235 e. The van der Waals surface area contributed by atoms with Crippen LogP contribution in [0.4, 0.5) is 10.1 Å². The summed E-state index contributed by atoms with van der Waals surface area (Å²) >= 11 is 1.75. The summed E-state index contributed by atoms with van der Waals surface area (Å²) in [7, 11) is 0. The number of piperidine rings is 1. The van der Waals surface area contributed by atoms with Gasteiger partial charge >= 0.3 is 0 Å². The van der Waals surface area contributed by atoms with E-state index in [4.69, 9.17) is 0 Å². The van der Waals surface area contributed by atoms with Gasteiger partial charge in [-0.3, -0.25) is 9.59 Å². The minimum atomic E-state index is -0.364. The predicted octanol–water partition coefficient (Wildman–Crippen LogP) is 2.90. The van der Waals surface area contributed by atoms with Crippen molar-refractivity contribution in [3.05, 3.63) is 30.1 Å². The molecule has 0 bridgehead atoms. The zero-order chi connectivity index (χ0) is 16.2. The van der Waals surface area contributed by atoms with Crippen LogP contribution in [-0.4, -0.2) is 40.8 Å². The van der Waals surface area contributed by atoms with Gasteiger partial charge < -0.3 is 10.2 Å². The number of hydrogen-bond donors (Lipinski definition) is 1. The molecule has 0 spiro atoms. The number of carbonyl (C=O) groups excluding carboxylic acids is 2. The average molecular weight is 336 g/mol. The molecule has 2 heterocycles. The van der Waals surface area contributed by atoms with Crippen molar-refractivity contribution < 1.29 is 14.0 Å². The van der Waals surface area contributed by atoms with Crippen LogP contribution in [0, 0.1) is 11.7 Å². The molecule has 2 aliphatic rings. The second-order valence-corrected chi connectivity index (χ2v) is 7.41. The number of nitrogens with zero attached hydrogens (tertiary/aromatic N) is 1. The van der Waals surface area contributed by atoms with E-state index in [0.29, 0.717) is 31.6 Å². The van der Waals surface area contributed by atoms with Crippen LogP contribution in [0.25, 0.3) is 0 Å². The van der Waals surface area contributed by atoms with Crippen LogP contribution in [0.2, 0.25) is 0 Å². The normalized spacial score (nSPS) is 22.1. The zero-order valence-electron chi connectivity index (χ0n) is 13.0. The molecule has 4 nitrogen and oxygen atoms in total. The fourth-order valence-electron chi connectivity index (χ4n) is 3.15. The average Bonchev–Trinajstić information content (AvgIpc) is 3.09. The largest absolute Gasteiger partial charge is 0.342 e. The number of hydrogen-bond acceptors (Lipinski definition) is 3. The number of thioether (sulfide) groups is 1. The molecule has 3 rings (SSSR count). The molecule has 0 aliphatic carbocycles. The van der Waals surface area contributed by atoms with E-state index in [1.54, 1.807) is 23.9 Å². The number of nitrogens with one attached hydrogen (secondary N) is 1. The topological polar surface area (TPSA) is 49.4 Å². The highest BCUT2D eigenvalue weighted by molar-refractivity contribution is 8.00. The molecule has 1 aromatic rings. The number of anilines is 1. The number of rotatable bonds is 3. The molecule has 2 amide bonds. The van der Waals surface area contributed by atoms with Crippen molar-refractivity contribution in [3.63, 3.8) is 0 Å². The monoisotopic (exact) mass is 336 g/mol. The summed E-state index contributed by atoms with van der Waals surface area (Å²) in [5, 5.41) is 2.88. The molecule has 0 unspecified atom stereocenters. The van der Waals surface area contributed by atoms with Gasteiger partial charge in [0.1, 0.15) is 5.82 Å². The SMILES string of the molecule is O=C(Nc1cccc(F)c1)C1CCN(C(=O)[C@@H]2CCCS2)CC1. The summed E-state index contributed by atoms with van der Waals surface area (Å²) in [6.07, 6.45) is 3.44. The van der Waals surface area contributed by atoms with Crippen molar-refractivity contribution in [2.24, 2.45) is 5.92 Å². The molecule has 124 valence electrons. The van der Waals surface area contributed by atoms with E-state index in [1.807, 2.05) is 4.90 Å². The fraction of sp³-hybridized carbons (Fsp3) is 0.529. The van der Waals surface area contributed by atoms with Crippen LogP contribution in [0.3, 0.4) is 0 Å². The van der Waals surface area contributed by atoms with Gasteiger partial charge in [-0.05, 0) is 49.6 Å². The first-order chi connectivity index (χ1) is 11.1. The highest BCUT2D eigenvalue weighted by Crippen LogP contribution is 2.29. The van der Waals surface area contributed by atoms with Gasteiger partial charge in [0.15, 0.2) is 0 Å². The van der Waals surface area contributed by atoms with Crippen molar-refractivity contribution in [3.8, 4) is 0 Å². The van der Waals surface area contributed by atoms with Gasteiger partial charge in [0, 0.05) is 24.7 Å². The summed E-state index contributed by atoms with van der Waals surface area (Å²) in [5.74, 6) is 0.744. The maximum absolute atomic E-state index is 13.2. The molecule has 2 saturated heterocycles. The lowest BCUT2D eigenvalue weighted by Gasteiger charge is -2.32. The van der Waals surface area contributed by atoms with Gasteiger partial charge in [0.2, 0.25) is 11.8 Å². The van der Waals surface area contributed by atoms with Gasteiger partial charge in [0.05, 0.1) is 5.25 Å². The lowest BCUT2D eigenvalue weighted by molar-refractivity contribution is -0.134. The van der Waals surface area contributed by atoms with Gasteiger partial charge in [-0.15, -0.1) is 11.8 Å². The number of likely N-dealkylation sites (tertiary alicyclic amines) is 1. The quantitative estimate of drug-likeness (QED) is 0.923. The van der Waals surface area contributed by atoms with Crippen molar-refractivity contribution in [2.45, 2.75) is 30.9 Å². The van der Waals surface area contributed by atoms with Gasteiger partial charge in [-0.25, -0.2) is 4.39 Å². The second kappa shape index (κ2) is 7.34. The first-order valence-corrected chi connectivity index (χ1v) is 9.15. The van der Waals surface area contributed by atoms with Crippen molar-refractivity contribution >= 4 is 29.3 Å². The van der Waals surface area contributed by atoms with E-state index in [2.05, 4.69) is 5.32 Å². The Balaban J connectivity index is 1.50. The first kappa shape index (κ1) is 16.3. The highest BCUT2D eigenvalue weighted by Gasteiger charge is 2.32. The predicted molar refractivity (Wildman–Crippen MR) is 89.8 cm³/mol. The summed E-state index contributed by atoms with van der Waals surface area (Å²) in [5.41, 5.74) is 0.482. The van der Waals surface area contributed by atoms with Crippen molar-refractivity contribution in [2.75, 3.05) is 24.2 Å². The van der Waals surface area contributed by atoms with E-state index in [0.717, 1.165) is 18.6 Å². The Labute approximate surface area is 139 Å². The molecule has 2 aliphatic heterocycles. The minimum absolute atomic E-state index is 0.0852. The Morgan fingerprint density at radius 2 is 2.00 bits per heavy atom. The third-order valence-electron chi connectivity index (χ3n) is 4.47. The van der Waals surface area contributed by atoms with Crippen molar-refractivity contribution in [1.29, 1.82) is 0 Å². The molecule has 1 atom stereocenters. The van der Waals surface area contributed by atoms with Gasteiger partial charge in [-0.2, -0.15) is 0 Å². The number of halogens is 1. The Morgan fingerprint density at radius 3 is 2.65 bits per heavy atom. The second-order valence-electron chi connectivity index (χ2n) is 6.10. The lowest BCUT2D eigenvalue weighted by atomic mass is 9.95. The van der Waals surface area contributed by atoms with Gasteiger partial charge in [0.25, 0.3) is 0 Å². The Kier molecular flexibility index (Phi) is 5.20. The van der Waals surface area contributed by atoms with E-state index < -0.39 is 0 Å². The first-order valence-electron chi connectivity index (χ1n) is 8.10. The number of carbonyl (C=O) groups is 2. The molecule has 6 heteroatoms. The van der Waals surface area contributed by atoms with E-state index >= 15 is 0 Å². The fourth-order valence-corrected chi connectivity index (χ4v) is 4.39. The third kappa shape index (κ3) is 4.05. The summed E-state index contributed by atoms with van der Waals surface area (Å²) < 4.78 is 13.2. The molecule has 0 saturated carbocycles. The van der Waals surface area contributed by atoms with Crippen LogP contribution in [-0.2, 0) is 9.59 Å². The lowest BCUT2D eigenvalue weighted by Crippen LogP contribution is -2.44. The summed E-state index contributed by atoms with van der Waals surface area (Å²) in [4.78, 5) is 26.5. The third-order valence-corrected chi connectivity index (χ3v) is 5.84. The maximum atomic E-state index is 13.2. The molecular formula is C17H21FN2O2S. The maximum Gasteiger partial charge on any atom is 0.235 e. The summed E-state index contributed by atoms with van der Waals surface area (Å²) in [6, 6.07) is 5.91. The number of benzene rings is 1. The minimum Gasteiger partial charge on any atom is -0.342 e. The zero-order valence-corrected chi connectivity index (χ0v) is 13.8. The molecule has 1 N–H and O–H groups in total. The molecule has 0 radical (unpaired) electrons. The summed E-state index contributed by atoms with van der Waals surface area (Å²) in [6.45, 7) is 1.27. The van der Waals surface area contributed by atoms with E-state index in [-0.39, 0.29) is 28.8 Å². The van der Waals surface area contributed by atoms with Crippen LogP contribution in [0.15, 0.2) is 24.3 Å². The van der Waals surface area contributed by atoms with Crippen LogP contribution in [0.5, 0.6) is 0 Å². The molecule has 2 fully saturated rings. The Morgan fingerprint density at radius 1 is 1.22 bits per heavy atom. The number of amides is 2.